The second-order valence-corrected chi connectivity index (χ2v) is 37.8. The summed E-state index contributed by atoms with van der Waals surface area (Å²) in [5, 5.41) is 11.2. The average molecular weight is 676 g/mol. The van der Waals surface area contributed by atoms with Gasteiger partial charge in [-0.15, -0.1) is 0 Å². The molecule has 0 spiro atoms. The van der Waals surface area contributed by atoms with E-state index in [0.29, 0.717) is 0 Å². The molecule has 0 aliphatic heterocycles. The fourth-order valence-electron chi connectivity index (χ4n) is 5.51. The summed E-state index contributed by atoms with van der Waals surface area (Å²) in [5.41, 5.74) is 0. The Labute approximate surface area is 218 Å². The van der Waals surface area contributed by atoms with Gasteiger partial charge in [0.15, 0.2) is 0 Å². The van der Waals surface area contributed by atoms with Crippen molar-refractivity contribution in [2.75, 3.05) is 0 Å². The van der Waals surface area contributed by atoms with E-state index >= 15 is 0 Å². The van der Waals surface area contributed by atoms with Crippen LogP contribution in [-0.2, 0) is 0 Å². The van der Waals surface area contributed by atoms with Gasteiger partial charge in [-0.1, -0.05) is 0 Å². The summed E-state index contributed by atoms with van der Waals surface area (Å²) in [7, 11) is 0. The Kier molecular flexibility index (Phi) is 21.8. The third-order valence-electron chi connectivity index (χ3n) is 8.02. The molecule has 0 aliphatic rings. The van der Waals surface area contributed by atoms with Crippen LogP contribution in [0.25, 0.3) is 0 Å². The third kappa shape index (κ3) is 14.4. The van der Waals surface area contributed by atoms with E-state index in [1.807, 2.05) is 0 Å². The summed E-state index contributed by atoms with van der Waals surface area (Å²) >= 11 is -4.70. The van der Waals surface area contributed by atoms with Crippen LogP contribution in [-0.4, -0.2) is 48.0 Å². The maximum atomic E-state index is 11.2. The first-order valence-corrected chi connectivity index (χ1v) is 30.1. The van der Waals surface area contributed by atoms with E-state index in [0.717, 1.165) is 0 Å². The van der Waals surface area contributed by atoms with Crippen molar-refractivity contribution in [1.82, 2.24) is 0 Å². The van der Waals surface area contributed by atoms with Gasteiger partial charge in [-0.3, -0.25) is 0 Å². The molecular formula is C30H62OSn2. The number of aliphatic hydroxyl groups is 1. The molecule has 3 heteroatoms. The predicted octanol–water partition coefficient (Wildman–Crippen LogP) is 10.6. The van der Waals surface area contributed by atoms with Crippen molar-refractivity contribution in [2.24, 2.45) is 0 Å². The molecule has 0 aromatic heterocycles. The van der Waals surface area contributed by atoms with Gasteiger partial charge in [0.1, 0.15) is 0 Å². The normalized spacial score (nSPS) is 14.4. The second kappa shape index (κ2) is 21.2. The summed E-state index contributed by atoms with van der Waals surface area (Å²) in [6.07, 6.45) is 20.5. The quantitative estimate of drug-likeness (QED) is 0.113. The molecular weight excluding hydrogens is 614 g/mol. The number of allylic oxidation sites excluding steroid dienone is 1. The van der Waals surface area contributed by atoms with Crippen LogP contribution in [0.2, 0.25) is 26.6 Å². The molecule has 0 heterocycles. The van der Waals surface area contributed by atoms with Crippen molar-refractivity contribution in [1.29, 1.82) is 0 Å². The molecule has 0 aliphatic carbocycles. The van der Waals surface area contributed by atoms with Gasteiger partial charge in [-0.05, 0) is 0 Å². The SMILES string of the molecule is CCC[CH2][Sn](/[CH]=C/C(O)/C=[C](\C)[Sn]([CH2]CCC)([CH2]CCC)[CH2]CCC)([CH2]CCC)[CH2]CCC. The molecule has 0 saturated carbocycles. The summed E-state index contributed by atoms with van der Waals surface area (Å²) < 4.78 is 13.3. The van der Waals surface area contributed by atoms with Crippen molar-refractivity contribution in [3.05, 3.63) is 19.8 Å². The Morgan fingerprint density at radius 3 is 1.27 bits per heavy atom. The van der Waals surface area contributed by atoms with E-state index in [1.54, 1.807) is 3.59 Å². The molecule has 196 valence electrons. The van der Waals surface area contributed by atoms with Gasteiger partial charge in [-0.2, -0.15) is 0 Å². The zero-order valence-corrected chi connectivity index (χ0v) is 29.7. The van der Waals surface area contributed by atoms with Gasteiger partial charge in [0.2, 0.25) is 0 Å². The summed E-state index contributed by atoms with van der Waals surface area (Å²) in [5.74, 6) is 0. The molecule has 1 unspecified atom stereocenters. The first-order chi connectivity index (χ1) is 15.9. The molecule has 1 N–H and O–H groups in total. The van der Waals surface area contributed by atoms with Gasteiger partial charge in [0.25, 0.3) is 0 Å². The van der Waals surface area contributed by atoms with Crippen LogP contribution in [0.5, 0.6) is 0 Å². The van der Waals surface area contributed by atoms with Crippen LogP contribution in [0.3, 0.4) is 0 Å². The average Bonchev–Trinajstić information content (AvgIpc) is 2.82. The van der Waals surface area contributed by atoms with Crippen molar-refractivity contribution >= 4 is 36.8 Å². The maximum absolute atomic E-state index is 11.2. The van der Waals surface area contributed by atoms with E-state index in [9.17, 15) is 5.11 Å². The Balaban J connectivity index is 5.82. The summed E-state index contributed by atoms with van der Waals surface area (Å²) in [4.78, 5) is 0. The zero-order chi connectivity index (χ0) is 25.0. The molecule has 0 radical (unpaired) electrons. The molecule has 0 saturated heterocycles. The van der Waals surface area contributed by atoms with E-state index < -0.39 is 36.8 Å². The second-order valence-electron chi connectivity index (χ2n) is 11.0. The predicted molar refractivity (Wildman–Crippen MR) is 159 cm³/mol. The van der Waals surface area contributed by atoms with E-state index in [2.05, 4.69) is 64.7 Å². The number of hydrogen-bond acceptors (Lipinski definition) is 1. The minimum absolute atomic E-state index is 0.355. The van der Waals surface area contributed by atoms with Crippen molar-refractivity contribution in [3.8, 4) is 0 Å². The number of unbranched alkanes of at least 4 members (excludes halogenated alkanes) is 6. The molecule has 0 amide bonds. The van der Waals surface area contributed by atoms with Crippen LogP contribution in [0, 0.1) is 0 Å². The number of aliphatic hydroxyl groups excluding tert-OH is 1. The topological polar surface area (TPSA) is 20.2 Å². The number of hydrogen-bond donors (Lipinski definition) is 1. The van der Waals surface area contributed by atoms with Crippen LogP contribution in [0.4, 0.5) is 0 Å². The Morgan fingerprint density at radius 2 is 0.939 bits per heavy atom. The standard InChI is InChI=1S/C6H8O.6C4H9.2Sn/c1-3-5-6(7)4-2;6*1-3-4-2;;/h2,4-7H,1H3;6*1,3-4H2,2H3;;. The fourth-order valence-corrected chi connectivity index (χ4v) is 35.7. The van der Waals surface area contributed by atoms with E-state index in [-0.39, 0.29) is 6.10 Å². The van der Waals surface area contributed by atoms with Crippen molar-refractivity contribution in [3.63, 3.8) is 0 Å². The van der Waals surface area contributed by atoms with Gasteiger partial charge < -0.3 is 0 Å². The molecule has 0 aromatic rings. The molecule has 0 bridgehead atoms. The first-order valence-electron chi connectivity index (χ1n) is 14.9. The van der Waals surface area contributed by atoms with E-state index in [1.165, 1.54) is 104 Å². The van der Waals surface area contributed by atoms with Crippen molar-refractivity contribution < 1.29 is 5.11 Å². The fraction of sp³-hybridized carbons (Fsp3) is 0.867. The monoisotopic (exact) mass is 678 g/mol. The summed E-state index contributed by atoms with van der Waals surface area (Å²) in [6.45, 7) is 16.5. The van der Waals surface area contributed by atoms with Gasteiger partial charge in [0.05, 0.1) is 0 Å². The van der Waals surface area contributed by atoms with Crippen LogP contribution in [0.1, 0.15) is 126 Å². The Bertz CT molecular complexity index is 468. The molecule has 0 aromatic carbocycles. The molecule has 33 heavy (non-hydrogen) atoms. The molecule has 1 atom stereocenters. The molecule has 0 fully saturated rings. The van der Waals surface area contributed by atoms with Gasteiger partial charge in [0, 0.05) is 0 Å². The zero-order valence-electron chi connectivity index (χ0n) is 24.0. The van der Waals surface area contributed by atoms with Crippen LogP contribution >= 0.6 is 0 Å². The summed E-state index contributed by atoms with van der Waals surface area (Å²) in [6, 6.07) is 0. The van der Waals surface area contributed by atoms with E-state index in [4.69, 9.17) is 0 Å². The first kappa shape index (κ1) is 34.0. The number of rotatable bonds is 22. The minimum atomic E-state index is -2.39. The van der Waals surface area contributed by atoms with Crippen molar-refractivity contribution in [2.45, 2.75) is 158 Å². The molecule has 1 nitrogen and oxygen atoms in total. The Morgan fingerprint density at radius 1 is 0.606 bits per heavy atom. The van der Waals surface area contributed by atoms with Gasteiger partial charge in [-0.25, -0.2) is 0 Å². The van der Waals surface area contributed by atoms with Crippen LogP contribution in [0.15, 0.2) is 19.8 Å². The Hall–Kier alpha value is 1.04. The third-order valence-corrected chi connectivity index (χ3v) is 38.6. The van der Waals surface area contributed by atoms with Gasteiger partial charge >= 0.3 is 220 Å². The molecule has 0 rings (SSSR count). The van der Waals surface area contributed by atoms with Crippen LogP contribution < -0.4 is 0 Å².